The Hall–Kier alpha value is -2.76. The van der Waals surface area contributed by atoms with Gasteiger partial charge in [0.1, 0.15) is 5.65 Å². The third-order valence-corrected chi connectivity index (χ3v) is 6.72. The molecule has 5 atom stereocenters. The highest BCUT2D eigenvalue weighted by molar-refractivity contribution is 5.61. The van der Waals surface area contributed by atoms with Gasteiger partial charge in [0.15, 0.2) is 0 Å². The highest BCUT2D eigenvalue weighted by atomic mass is 19.4. The fraction of sp³-hybridized carbons (Fsp3) is 0.500. The summed E-state index contributed by atoms with van der Waals surface area (Å²) in [5.41, 5.74) is 7.24. The number of piperazine rings is 1. The summed E-state index contributed by atoms with van der Waals surface area (Å²) in [5.74, 6) is 0.958. The number of halogens is 3. The van der Waals surface area contributed by atoms with E-state index in [9.17, 15) is 13.2 Å². The Balaban J connectivity index is 1.49. The van der Waals surface area contributed by atoms with Gasteiger partial charge in [-0.2, -0.15) is 13.2 Å². The van der Waals surface area contributed by atoms with Gasteiger partial charge in [-0.3, -0.25) is 15.3 Å². The molecule has 176 valence electrons. The quantitative estimate of drug-likeness (QED) is 0.554. The van der Waals surface area contributed by atoms with Crippen LogP contribution in [0.5, 0.6) is 0 Å². The van der Waals surface area contributed by atoms with Crippen LogP contribution in [0.15, 0.2) is 36.8 Å². The van der Waals surface area contributed by atoms with Crippen LogP contribution in [0.4, 0.5) is 19.1 Å². The number of alkyl halides is 3. The van der Waals surface area contributed by atoms with E-state index in [0.29, 0.717) is 34.9 Å². The molecule has 0 aromatic carbocycles. The number of fused-ring (bicyclic) bond motifs is 1. The first-order valence-electron chi connectivity index (χ1n) is 11.1. The van der Waals surface area contributed by atoms with Crippen molar-refractivity contribution in [2.24, 2.45) is 5.92 Å². The van der Waals surface area contributed by atoms with Crippen molar-refractivity contribution in [2.75, 3.05) is 18.0 Å². The first-order valence-corrected chi connectivity index (χ1v) is 11.1. The number of nitrogens with one attached hydrogen (secondary N) is 3. The minimum atomic E-state index is -4.44. The maximum Gasteiger partial charge on any atom is 0.417 e. The Bertz CT molecular complexity index is 1150. The van der Waals surface area contributed by atoms with E-state index in [-0.39, 0.29) is 18.1 Å². The fourth-order valence-corrected chi connectivity index (χ4v) is 4.95. The van der Waals surface area contributed by atoms with Crippen molar-refractivity contribution in [3.8, 4) is 11.4 Å². The number of nitrogens with zero attached hydrogens (tertiary/aromatic N) is 5. The van der Waals surface area contributed by atoms with E-state index in [1.54, 1.807) is 18.5 Å². The highest BCUT2D eigenvalue weighted by Gasteiger charge is 2.41. The lowest BCUT2D eigenvalue weighted by molar-refractivity contribution is -0.137. The molecular formula is C22H27F3N8. The van der Waals surface area contributed by atoms with Crippen LogP contribution in [0.3, 0.4) is 0 Å². The number of rotatable bonds is 3. The Morgan fingerprint density at radius 1 is 1.09 bits per heavy atom. The van der Waals surface area contributed by atoms with Gasteiger partial charge in [-0.1, -0.05) is 0 Å². The van der Waals surface area contributed by atoms with Gasteiger partial charge in [0.25, 0.3) is 0 Å². The Labute approximate surface area is 189 Å². The van der Waals surface area contributed by atoms with Gasteiger partial charge in [-0.15, -0.1) is 0 Å². The summed E-state index contributed by atoms with van der Waals surface area (Å²) in [5, 5.41) is 3.73. The van der Waals surface area contributed by atoms with E-state index >= 15 is 0 Å². The van der Waals surface area contributed by atoms with Crippen LogP contribution in [0.25, 0.3) is 17.0 Å². The molecule has 8 nitrogen and oxygen atoms in total. The monoisotopic (exact) mass is 460 g/mol. The molecule has 0 radical (unpaired) electrons. The number of hydrogen-bond donors (Lipinski definition) is 3. The average molecular weight is 461 g/mol. The van der Waals surface area contributed by atoms with Gasteiger partial charge in [0.2, 0.25) is 5.95 Å². The standard InChI is InChI=1S/C22H27F3N8/c1-12-10-32(14(3)20(29-12)16-8-28-31-13(16)2)21-26-7-6-17(30-21)18-9-27-19-5-4-15(11-33(18)19)22(23,24)25/h4-7,9,11-14,16,20,28-29,31H,8,10H2,1-3H3/t12-,13?,14-,16?,20?/m1/s1. The first-order chi connectivity index (χ1) is 15.7. The Morgan fingerprint density at radius 3 is 2.64 bits per heavy atom. The second-order valence-electron chi connectivity index (χ2n) is 8.99. The second kappa shape index (κ2) is 8.23. The minimum absolute atomic E-state index is 0.129. The molecule has 3 N–H and O–H groups in total. The van der Waals surface area contributed by atoms with Crippen LogP contribution < -0.4 is 21.1 Å². The lowest BCUT2D eigenvalue weighted by Gasteiger charge is -2.46. The molecule has 5 heterocycles. The zero-order valence-electron chi connectivity index (χ0n) is 18.6. The summed E-state index contributed by atoms with van der Waals surface area (Å²) in [7, 11) is 0. The fourth-order valence-electron chi connectivity index (χ4n) is 4.95. The molecule has 11 heteroatoms. The number of hydrazine groups is 1. The number of hydrogen-bond acceptors (Lipinski definition) is 7. The Morgan fingerprint density at radius 2 is 1.91 bits per heavy atom. The first kappa shape index (κ1) is 22.1. The van der Waals surface area contributed by atoms with Crippen molar-refractivity contribution < 1.29 is 13.2 Å². The molecule has 3 aromatic heterocycles. The number of anilines is 1. The maximum atomic E-state index is 13.3. The minimum Gasteiger partial charge on any atom is -0.335 e. The van der Waals surface area contributed by atoms with Gasteiger partial charge in [0, 0.05) is 55.6 Å². The molecule has 2 saturated heterocycles. The zero-order chi connectivity index (χ0) is 23.3. The summed E-state index contributed by atoms with van der Waals surface area (Å²) < 4.78 is 41.2. The maximum absolute atomic E-state index is 13.3. The molecule has 2 fully saturated rings. The predicted octanol–water partition coefficient (Wildman–Crippen LogP) is 2.48. The molecular weight excluding hydrogens is 433 g/mol. The van der Waals surface area contributed by atoms with Crippen LogP contribution in [0, 0.1) is 5.92 Å². The zero-order valence-corrected chi connectivity index (χ0v) is 18.6. The summed E-state index contributed by atoms with van der Waals surface area (Å²) in [6.45, 7) is 8.07. The molecule has 0 spiro atoms. The average Bonchev–Trinajstić information content (AvgIpc) is 3.40. The van der Waals surface area contributed by atoms with Crippen molar-refractivity contribution in [3.05, 3.63) is 42.4 Å². The molecule has 2 aliphatic rings. The van der Waals surface area contributed by atoms with Crippen LogP contribution in [-0.2, 0) is 6.18 Å². The SMILES string of the molecule is CC1NNCC1C1N[C@H](C)CN(c2nccc(-c3cnc4ccc(C(F)(F)F)cn34)n2)[C@@H]1C. The van der Waals surface area contributed by atoms with Gasteiger partial charge >= 0.3 is 6.18 Å². The van der Waals surface area contributed by atoms with E-state index in [1.165, 1.54) is 10.5 Å². The summed E-state index contributed by atoms with van der Waals surface area (Å²) in [4.78, 5) is 15.7. The molecule has 0 bridgehead atoms. The molecule has 5 rings (SSSR count). The molecule has 2 aliphatic heterocycles. The molecule has 33 heavy (non-hydrogen) atoms. The van der Waals surface area contributed by atoms with Crippen molar-refractivity contribution in [1.29, 1.82) is 0 Å². The highest BCUT2D eigenvalue weighted by Crippen LogP contribution is 2.31. The molecule has 0 saturated carbocycles. The number of aromatic nitrogens is 4. The van der Waals surface area contributed by atoms with Crippen molar-refractivity contribution in [2.45, 2.75) is 51.1 Å². The van der Waals surface area contributed by atoms with E-state index < -0.39 is 11.7 Å². The van der Waals surface area contributed by atoms with Gasteiger partial charge < -0.3 is 10.2 Å². The smallest absolute Gasteiger partial charge is 0.335 e. The van der Waals surface area contributed by atoms with Crippen molar-refractivity contribution in [1.82, 2.24) is 35.5 Å². The van der Waals surface area contributed by atoms with E-state index in [1.807, 2.05) is 0 Å². The third-order valence-electron chi connectivity index (χ3n) is 6.72. The number of imidazole rings is 1. The van der Waals surface area contributed by atoms with Gasteiger partial charge in [-0.05, 0) is 39.0 Å². The van der Waals surface area contributed by atoms with Crippen LogP contribution in [-0.4, -0.2) is 56.6 Å². The summed E-state index contributed by atoms with van der Waals surface area (Å²) in [6.07, 6.45) is -0.173. The normalized spacial score (nSPS) is 28.5. The van der Waals surface area contributed by atoms with Crippen LogP contribution >= 0.6 is 0 Å². The lowest BCUT2D eigenvalue weighted by atomic mass is 9.86. The van der Waals surface area contributed by atoms with E-state index in [2.05, 4.69) is 51.8 Å². The molecule has 3 unspecified atom stereocenters. The summed E-state index contributed by atoms with van der Waals surface area (Å²) in [6, 6.07) is 5.02. The largest absolute Gasteiger partial charge is 0.417 e. The number of pyridine rings is 1. The summed E-state index contributed by atoms with van der Waals surface area (Å²) >= 11 is 0. The van der Waals surface area contributed by atoms with Crippen LogP contribution in [0.1, 0.15) is 26.3 Å². The topological polar surface area (TPSA) is 82.4 Å². The van der Waals surface area contributed by atoms with E-state index in [0.717, 1.165) is 25.4 Å². The van der Waals surface area contributed by atoms with Crippen LogP contribution in [0.2, 0.25) is 0 Å². The second-order valence-corrected chi connectivity index (χ2v) is 8.99. The lowest BCUT2D eigenvalue weighted by Crippen LogP contribution is -2.64. The molecule has 0 aliphatic carbocycles. The Kier molecular flexibility index (Phi) is 5.50. The van der Waals surface area contributed by atoms with Gasteiger partial charge in [-0.25, -0.2) is 15.0 Å². The van der Waals surface area contributed by atoms with Crippen molar-refractivity contribution in [3.63, 3.8) is 0 Å². The predicted molar refractivity (Wildman–Crippen MR) is 119 cm³/mol. The molecule has 3 aromatic rings. The van der Waals surface area contributed by atoms with Gasteiger partial charge in [0.05, 0.1) is 23.1 Å². The third kappa shape index (κ3) is 4.04. The molecule has 0 amide bonds. The van der Waals surface area contributed by atoms with E-state index in [4.69, 9.17) is 4.98 Å². The van der Waals surface area contributed by atoms with Crippen molar-refractivity contribution >= 4 is 11.6 Å².